The van der Waals surface area contributed by atoms with E-state index >= 15 is 0 Å². The van der Waals surface area contributed by atoms with E-state index in [-0.39, 0.29) is 30.2 Å². The van der Waals surface area contributed by atoms with Crippen molar-refractivity contribution in [3.63, 3.8) is 0 Å². The molecular formula is C11H23N3O4S2. The average molecular weight is 325 g/mol. The van der Waals surface area contributed by atoms with Crippen LogP contribution in [-0.4, -0.2) is 45.0 Å². The number of nitrogens with one attached hydrogen (secondary N) is 2. The molecule has 0 radical (unpaired) electrons. The van der Waals surface area contributed by atoms with Gasteiger partial charge in [0.05, 0.1) is 22.3 Å². The highest BCUT2D eigenvalue weighted by atomic mass is 32.2. The Morgan fingerprint density at radius 3 is 2.10 bits per heavy atom. The van der Waals surface area contributed by atoms with Crippen molar-refractivity contribution in [2.75, 3.05) is 11.5 Å². The van der Waals surface area contributed by atoms with Crippen LogP contribution < -0.4 is 10.5 Å². The number of sulfone groups is 1. The lowest BCUT2D eigenvalue weighted by atomic mass is 9.93. The smallest absolute Gasteiger partial charge is 0.215 e. The first-order valence-corrected chi connectivity index (χ1v) is 10.0. The molecule has 0 atom stereocenters. The topological polar surface area (TPSA) is 130 Å². The first-order valence-electron chi connectivity index (χ1n) is 6.66. The van der Waals surface area contributed by atoms with Gasteiger partial charge in [0.25, 0.3) is 0 Å². The second-order valence-electron chi connectivity index (χ2n) is 5.20. The molecule has 4 N–H and O–H groups in total. The summed E-state index contributed by atoms with van der Waals surface area (Å²) in [6, 6.07) is 0. The van der Waals surface area contributed by atoms with Crippen molar-refractivity contribution in [1.29, 1.82) is 5.41 Å². The molecule has 1 aliphatic heterocycles. The SMILES string of the molecule is CCC(CC)(NS(=O)(=O)C1CCS(=O)(=O)CC1)C(=N)N. The first kappa shape index (κ1) is 17.4. The fourth-order valence-corrected chi connectivity index (χ4v) is 6.12. The Morgan fingerprint density at radius 2 is 1.75 bits per heavy atom. The lowest BCUT2D eigenvalue weighted by molar-refractivity contribution is 0.450. The molecule has 0 spiro atoms. The molecule has 0 amide bonds. The molecule has 0 aromatic heterocycles. The number of sulfonamides is 1. The van der Waals surface area contributed by atoms with E-state index in [1.807, 2.05) is 0 Å². The van der Waals surface area contributed by atoms with Crippen molar-refractivity contribution in [2.24, 2.45) is 5.73 Å². The largest absolute Gasteiger partial charge is 0.386 e. The van der Waals surface area contributed by atoms with Crippen molar-refractivity contribution < 1.29 is 16.8 Å². The third-order valence-corrected chi connectivity index (χ3v) is 7.74. The minimum Gasteiger partial charge on any atom is -0.386 e. The van der Waals surface area contributed by atoms with E-state index in [4.69, 9.17) is 11.1 Å². The molecule has 7 nitrogen and oxygen atoms in total. The summed E-state index contributed by atoms with van der Waals surface area (Å²) in [5.41, 5.74) is 4.46. The zero-order valence-electron chi connectivity index (χ0n) is 11.8. The van der Waals surface area contributed by atoms with Gasteiger partial charge in [-0.3, -0.25) is 5.41 Å². The Balaban J connectivity index is 2.92. The van der Waals surface area contributed by atoms with Gasteiger partial charge in [-0.15, -0.1) is 0 Å². The molecule has 0 bridgehead atoms. The van der Waals surface area contributed by atoms with E-state index in [0.717, 1.165) is 0 Å². The van der Waals surface area contributed by atoms with E-state index in [1.54, 1.807) is 13.8 Å². The van der Waals surface area contributed by atoms with Gasteiger partial charge in [0, 0.05) is 0 Å². The standard InChI is InChI=1S/C11H23N3O4S2/c1-3-11(4-2,10(12)13)14-20(17,18)9-5-7-19(15,16)8-6-9/h9,14H,3-8H2,1-2H3,(H3,12,13). The maximum atomic E-state index is 12.4. The van der Waals surface area contributed by atoms with Crippen LogP contribution in [0.25, 0.3) is 0 Å². The summed E-state index contributed by atoms with van der Waals surface area (Å²) in [7, 11) is -6.80. The van der Waals surface area contributed by atoms with Crippen molar-refractivity contribution >= 4 is 25.7 Å². The average Bonchev–Trinajstić information content (AvgIpc) is 2.35. The zero-order chi connectivity index (χ0) is 15.6. The molecule has 1 saturated heterocycles. The molecule has 20 heavy (non-hydrogen) atoms. The Labute approximate surface area is 120 Å². The van der Waals surface area contributed by atoms with E-state index in [9.17, 15) is 16.8 Å². The molecule has 1 aliphatic rings. The maximum Gasteiger partial charge on any atom is 0.215 e. The van der Waals surface area contributed by atoms with Crippen LogP contribution in [0.1, 0.15) is 39.5 Å². The summed E-state index contributed by atoms with van der Waals surface area (Å²) in [5.74, 6) is -0.428. The summed E-state index contributed by atoms with van der Waals surface area (Å²) in [6.07, 6.45) is 0.949. The van der Waals surface area contributed by atoms with Gasteiger partial charge >= 0.3 is 0 Å². The number of hydrogen-bond acceptors (Lipinski definition) is 5. The molecule has 1 heterocycles. The van der Waals surface area contributed by atoms with Gasteiger partial charge in [-0.25, -0.2) is 21.6 Å². The third-order valence-electron chi connectivity index (χ3n) is 4.00. The minimum atomic E-state index is -3.70. The van der Waals surface area contributed by atoms with Gasteiger partial charge in [-0.05, 0) is 25.7 Å². The first-order chi connectivity index (χ1) is 9.08. The number of hydrogen-bond donors (Lipinski definition) is 3. The van der Waals surface area contributed by atoms with E-state index in [1.165, 1.54) is 0 Å². The van der Waals surface area contributed by atoms with E-state index in [0.29, 0.717) is 12.8 Å². The fourth-order valence-electron chi connectivity index (χ4n) is 2.36. The van der Waals surface area contributed by atoms with Crippen LogP contribution in [0, 0.1) is 5.41 Å². The highest BCUT2D eigenvalue weighted by molar-refractivity contribution is 7.92. The maximum absolute atomic E-state index is 12.4. The quantitative estimate of drug-likeness (QED) is 0.466. The van der Waals surface area contributed by atoms with Crippen LogP contribution in [0.2, 0.25) is 0 Å². The summed E-state index contributed by atoms with van der Waals surface area (Å²) in [4.78, 5) is 0. The van der Waals surface area contributed by atoms with Crippen molar-refractivity contribution in [2.45, 2.75) is 50.3 Å². The summed E-state index contributed by atoms with van der Waals surface area (Å²) < 4.78 is 50.0. The van der Waals surface area contributed by atoms with Gasteiger partial charge in [0.15, 0.2) is 0 Å². The van der Waals surface area contributed by atoms with Crippen molar-refractivity contribution in [1.82, 2.24) is 4.72 Å². The second-order valence-corrected chi connectivity index (χ2v) is 9.47. The summed E-state index contributed by atoms with van der Waals surface area (Å²) in [6.45, 7) is 3.53. The van der Waals surface area contributed by atoms with Crippen molar-refractivity contribution in [3.8, 4) is 0 Å². The summed E-state index contributed by atoms with van der Waals surface area (Å²) >= 11 is 0. The molecule has 0 aromatic rings. The van der Waals surface area contributed by atoms with Gasteiger partial charge < -0.3 is 5.73 Å². The van der Waals surface area contributed by atoms with Gasteiger partial charge in [-0.1, -0.05) is 13.8 Å². The molecule has 1 rings (SSSR count). The number of rotatable bonds is 6. The fraction of sp³-hybridized carbons (Fsp3) is 0.909. The van der Waals surface area contributed by atoms with Crippen LogP contribution >= 0.6 is 0 Å². The van der Waals surface area contributed by atoms with Crippen LogP contribution in [0.3, 0.4) is 0 Å². The zero-order valence-corrected chi connectivity index (χ0v) is 13.5. The molecule has 118 valence electrons. The third kappa shape index (κ3) is 3.70. The summed E-state index contributed by atoms with van der Waals surface area (Å²) in [5, 5.41) is 6.88. The predicted octanol–water partition coefficient (Wildman–Crippen LogP) is -0.0222. The van der Waals surface area contributed by atoms with Gasteiger partial charge in [0.2, 0.25) is 10.0 Å². The van der Waals surface area contributed by atoms with Gasteiger partial charge in [0.1, 0.15) is 15.7 Å². The molecular weight excluding hydrogens is 302 g/mol. The van der Waals surface area contributed by atoms with Gasteiger partial charge in [-0.2, -0.15) is 0 Å². The predicted molar refractivity (Wildman–Crippen MR) is 79.0 cm³/mol. The van der Waals surface area contributed by atoms with E-state index in [2.05, 4.69) is 4.72 Å². The lowest BCUT2D eigenvalue weighted by Gasteiger charge is -2.33. The molecule has 0 aromatic carbocycles. The monoisotopic (exact) mass is 325 g/mol. The highest BCUT2D eigenvalue weighted by Crippen LogP contribution is 2.23. The molecule has 9 heteroatoms. The second kappa shape index (κ2) is 5.98. The molecule has 0 unspecified atom stereocenters. The molecule has 0 aliphatic carbocycles. The molecule has 0 saturated carbocycles. The van der Waals surface area contributed by atoms with Crippen molar-refractivity contribution in [3.05, 3.63) is 0 Å². The number of amidine groups is 1. The Bertz CT molecular complexity index is 550. The minimum absolute atomic E-state index is 0.0963. The Kier molecular flexibility index (Phi) is 5.20. The van der Waals surface area contributed by atoms with E-state index < -0.39 is 30.6 Å². The van der Waals surface area contributed by atoms with Crippen LogP contribution in [0.15, 0.2) is 0 Å². The Morgan fingerprint density at radius 1 is 1.30 bits per heavy atom. The highest BCUT2D eigenvalue weighted by Gasteiger charge is 2.40. The lowest BCUT2D eigenvalue weighted by Crippen LogP contribution is -2.58. The normalized spacial score (nSPS) is 20.7. The van der Waals surface area contributed by atoms with Crippen LogP contribution in [-0.2, 0) is 19.9 Å². The number of nitrogens with two attached hydrogens (primary N) is 1. The van der Waals surface area contributed by atoms with Crippen LogP contribution in [0.4, 0.5) is 0 Å². The Hall–Kier alpha value is -0.670. The molecule has 1 fully saturated rings. The van der Waals surface area contributed by atoms with Crippen LogP contribution in [0.5, 0.6) is 0 Å².